The van der Waals surface area contributed by atoms with Gasteiger partial charge in [0, 0.05) is 32.1 Å². The number of aryl methyl sites for hydroxylation is 1. The number of aromatic nitrogens is 4. The first-order valence-corrected chi connectivity index (χ1v) is 15.5. The molecule has 0 unspecified atom stereocenters. The fourth-order valence-corrected chi connectivity index (χ4v) is 6.63. The van der Waals surface area contributed by atoms with E-state index in [4.69, 9.17) is 14.7 Å². The number of morpholine rings is 1. The molecule has 1 aromatic carbocycles. The maximum atomic E-state index is 14.1. The summed E-state index contributed by atoms with van der Waals surface area (Å²) in [6.45, 7) is 4.32. The molecule has 0 bridgehead atoms. The van der Waals surface area contributed by atoms with Gasteiger partial charge in [-0.15, -0.1) is 0 Å². The van der Waals surface area contributed by atoms with E-state index < -0.39 is 6.43 Å². The number of alkyl halides is 2. The lowest BCUT2D eigenvalue weighted by Crippen LogP contribution is -2.42. The number of hydrogen-bond acceptors (Lipinski definition) is 7. The number of carbonyl (C=O) groups excluding carboxylic acids is 1. The number of nitrogens with zero attached hydrogens (tertiary/aromatic N) is 5. The van der Waals surface area contributed by atoms with Crippen LogP contribution in [0, 0.1) is 11.8 Å². The lowest BCUT2D eigenvalue weighted by Gasteiger charge is -2.29. The third-order valence-corrected chi connectivity index (χ3v) is 9.01. The molecule has 2 aromatic heterocycles. The van der Waals surface area contributed by atoms with E-state index in [-0.39, 0.29) is 17.8 Å². The highest BCUT2D eigenvalue weighted by Crippen LogP contribution is 2.32. The topological polar surface area (TPSA) is 97.2 Å². The monoisotopic (exact) mass is 581 g/mol. The van der Waals surface area contributed by atoms with E-state index in [1.807, 2.05) is 6.07 Å². The summed E-state index contributed by atoms with van der Waals surface area (Å²) in [4.78, 5) is 28.4. The molecule has 9 nitrogen and oxygen atoms in total. The van der Waals surface area contributed by atoms with Gasteiger partial charge in [0.05, 0.1) is 30.3 Å². The van der Waals surface area contributed by atoms with Gasteiger partial charge in [0.1, 0.15) is 17.5 Å². The van der Waals surface area contributed by atoms with E-state index in [2.05, 4.69) is 20.5 Å². The minimum absolute atomic E-state index is 0.0136. The number of hydrogen-bond donors (Lipinski definition) is 2. The molecule has 2 aliphatic heterocycles. The van der Waals surface area contributed by atoms with Gasteiger partial charge in [0.15, 0.2) is 5.82 Å². The number of anilines is 1. The Kier molecular flexibility index (Phi) is 9.24. The van der Waals surface area contributed by atoms with Crippen molar-refractivity contribution in [2.75, 3.05) is 44.3 Å². The number of rotatable bonds is 10. The lowest BCUT2D eigenvalue weighted by molar-refractivity contribution is -0.123. The third kappa shape index (κ3) is 6.72. The van der Waals surface area contributed by atoms with Crippen molar-refractivity contribution in [2.45, 2.75) is 70.3 Å². The number of nitrogens with one attached hydrogen (secondary N) is 2. The zero-order valence-corrected chi connectivity index (χ0v) is 24.1. The zero-order chi connectivity index (χ0) is 28.9. The highest BCUT2D eigenvalue weighted by molar-refractivity contribution is 5.82. The van der Waals surface area contributed by atoms with Gasteiger partial charge in [-0.3, -0.25) is 9.36 Å². The van der Waals surface area contributed by atoms with Crippen LogP contribution in [0.5, 0.6) is 0 Å². The molecule has 3 aromatic rings. The van der Waals surface area contributed by atoms with Gasteiger partial charge in [-0.1, -0.05) is 31.4 Å². The van der Waals surface area contributed by atoms with E-state index in [0.717, 1.165) is 57.4 Å². The molecule has 42 heavy (non-hydrogen) atoms. The molecule has 1 aliphatic carbocycles. The quantitative estimate of drug-likeness (QED) is 0.362. The van der Waals surface area contributed by atoms with Crippen LogP contribution in [0.1, 0.15) is 69.4 Å². The smallest absolute Gasteiger partial charge is 0.296 e. The van der Waals surface area contributed by atoms with Gasteiger partial charge in [0.2, 0.25) is 5.91 Å². The average molecular weight is 582 g/mol. The molecule has 1 saturated carbocycles. The molecule has 1 atom stereocenters. The second-order valence-electron chi connectivity index (χ2n) is 11.9. The van der Waals surface area contributed by atoms with Crippen molar-refractivity contribution in [3.8, 4) is 5.82 Å². The summed E-state index contributed by atoms with van der Waals surface area (Å²) < 4.78 is 35.3. The maximum Gasteiger partial charge on any atom is 0.296 e. The van der Waals surface area contributed by atoms with Crippen molar-refractivity contribution >= 4 is 22.8 Å². The first-order chi connectivity index (χ1) is 20.5. The minimum Gasteiger partial charge on any atom is -0.378 e. The second kappa shape index (κ2) is 13.4. The Hall–Kier alpha value is -3.18. The molecule has 226 valence electrons. The third-order valence-electron chi connectivity index (χ3n) is 9.01. The average Bonchev–Trinajstić information content (AvgIpc) is 3.70. The Balaban J connectivity index is 1.10. The molecule has 3 fully saturated rings. The van der Waals surface area contributed by atoms with Gasteiger partial charge in [-0.25, -0.2) is 23.7 Å². The van der Waals surface area contributed by atoms with Crippen molar-refractivity contribution in [3.05, 3.63) is 42.0 Å². The van der Waals surface area contributed by atoms with Crippen molar-refractivity contribution in [1.82, 2.24) is 30.2 Å². The van der Waals surface area contributed by atoms with Crippen LogP contribution in [0.15, 0.2) is 30.3 Å². The van der Waals surface area contributed by atoms with E-state index >= 15 is 0 Å². The molecule has 11 heteroatoms. The van der Waals surface area contributed by atoms with Gasteiger partial charge < -0.3 is 20.3 Å². The van der Waals surface area contributed by atoms with Crippen molar-refractivity contribution in [1.29, 1.82) is 0 Å². The number of fused-ring (bicyclic) bond motifs is 1. The fourth-order valence-electron chi connectivity index (χ4n) is 6.63. The summed E-state index contributed by atoms with van der Waals surface area (Å²) in [6.07, 6.45) is 6.61. The summed E-state index contributed by atoms with van der Waals surface area (Å²) >= 11 is 0. The van der Waals surface area contributed by atoms with Crippen LogP contribution in [0.2, 0.25) is 0 Å². The number of amides is 1. The molecule has 2 N–H and O–H groups in total. The Morgan fingerprint density at radius 1 is 1.02 bits per heavy atom. The number of para-hydroxylation sites is 2. The summed E-state index contributed by atoms with van der Waals surface area (Å²) in [6, 6.07) is 8.97. The summed E-state index contributed by atoms with van der Waals surface area (Å²) in [5.41, 5.74) is 1.13. The molecular weight excluding hydrogens is 540 g/mol. The molecule has 0 radical (unpaired) electrons. The van der Waals surface area contributed by atoms with Crippen molar-refractivity contribution in [2.24, 2.45) is 11.8 Å². The Bertz CT molecular complexity index is 1350. The minimum atomic E-state index is -2.73. The van der Waals surface area contributed by atoms with E-state index in [1.54, 1.807) is 24.3 Å². The van der Waals surface area contributed by atoms with Gasteiger partial charge in [-0.2, -0.15) is 0 Å². The number of imidazole rings is 1. The Labute approximate surface area is 245 Å². The number of benzene rings is 1. The highest BCUT2D eigenvalue weighted by atomic mass is 19.3. The van der Waals surface area contributed by atoms with Gasteiger partial charge in [-0.05, 0) is 62.6 Å². The van der Waals surface area contributed by atoms with Crippen LogP contribution < -0.4 is 15.5 Å². The molecule has 1 amide bonds. The molecular formula is C31H41F2N7O2. The van der Waals surface area contributed by atoms with Crippen LogP contribution >= 0.6 is 0 Å². The molecule has 4 heterocycles. The van der Waals surface area contributed by atoms with E-state index in [1.165, 1.54) is 17.4 Å². The molecule has 6 rings (SSSR count). The summed E-state index contributed by atoms with van der Waals surface area (Å²) in [5, 5.41) is 6.43. The van der Waals surface area contributed by atoms with Crippen LogP contribution in [0.25, 0.3) is 16.9 Å². The predicted octanol–water partition coefficient (Wildman–Crippen LogP) is 4.59. The standard InChI is InChI=1S/C31H41F2N7O2/c32-29(33)30-36-23-6-1-2-8-25(23)40(30)28-19-27(39-15-17-42-18-16-39)37-26(38-28)9-3-5-21-10-12-22(13-11-21)20-35-31(41)24-7-4-14-34-24/h1-2,6,8,19,21-22,24,29,34H,3-5,7,9-18,20H2,(H,35,41)/t21?,22?,24-/m0/s1. The number of carbonyl (C=O) groups is 1. The van der Waals surface area contributed by atoms with Gasteiger partial charge in [0.25, 0.3) is 6.43 Å². The molecule has 2 saturated heterocycles. The van der Waals surface area contributed by atoms with Crippen LogP contribution in [0.3, 0.4) is 0 Å². The maximum absolute atomic E-state index is 14.1. The molecule has 0 spiro atoms. The highest BCUT2D eigenvalue weighted by Gasteiger charge is 2.26. The van der Waals surface area contributed by atoms with Crippen LogP contribution in [-0.2, 0) is 16.0 Å². The number of halogens is 2. The molecule has 3 aliphatic rings. The summed E-state index contributed by atoms with van der Waals surface area (Å²) in [5.74, 6) is 2.89. The second-order valence-corrected chi connectivity index (χ2v) is 11.9. The SMILES string of the molecule is O=C(NCC1CCC(CCCc2nc(N3CCOCC3)cc(-n3c(C(F)F)nc4ccccc43)n2)CC1)[C@@H]1CCCN1. The number of ether oxygens (including phenoxy) is 1. The Morgan fingerprint density at radius 3 is 2.55 bits per heavy atom. The Morgan fingerprint density at radius 2 is 1.79 bits per heavy atom. The summed E-state index contributed by atoms with van der Waals surface area (Å²) in [7, 11) is 0. The van der Waals surface area contributed by atoms with Crippen LogP contribution in [-0.4, -0.2) is 70.9 Å². The van der Waals surface area contributed by atoms with Crippen molar-refractivity contribution in [3.63, 3.8) is 0 Å². The van der Waals surface area contributed by atoms with E-state index in [0.29, 0.717) is 67.2 Å². The van der Waals surface area contributed by atoms with Crippen LogP contribution in [0.4, 0.5) is 14.6 Å². The predicted molar refractivity (Wildman–Crippen MR) is 157 cm³/mol. The fraction of sp³-hybridized carbons (Fsp3) is 0.613. The largest absolute Gasteiger partial charge is 0.378 e. The van der Waals surface area contributed by atoms with Gasteiger partial charge >= 0.3 is 0 Å². The van der Waals surface area contributed by atoms with E-state index in [9.17, 15) is 13.6 Å². The first kappa shape index (κ1) is 28.9. The first-order valence-electron chi connectivity index (χ1n) is 15.5. The van der Waals surface area contributed by atoms with Crippen molar-refractivity contribution < 1.29 is 18.3 Å². The lowest BCUT2D eigenvalue weighted by atomic mass is 9.80. The zero-order valence-electron chi connectivity index (χ0n) is 24.1. The normalized spacial score (nSPS) is 23.1.